The molecule has 2 N–H and O–H groups in total. The van der Waals surface area contributed by atoms with Gasteiger partial charge in [-0.2, -0.15) is 0 Å². The van der Waals surface area contributed by atoms with Crippen molar-refractivity contribution in [2.75, 3.05) is 11.1 Å². The van der Waals surface area contributed by atoms with Gasteiger partial charge in [-0.3, -0.25) is 14.8 Å². The Bertz CT molecular complexity index is 1150. The molecule has 0 heterocycles. The number of carboxylic acids is 1. The summed E-state index contributed by atoms with van der Waals surface area (Å²) < 4.78 is 13.0. The molecule has 6 nitrogen and oxygen atoms in total. The van der Waals surface area contributed by atoms with Crippen molar-refractivity contribution in [3.63, 3.8) is 0 Å². The molecule has 0 aliphatic carbocycles. The highest BCUT2D eigenvalue weighted by Crippen LogP contribution is 2.27. The maximum Gasteiger partial charge on any atom is 0.326 e. The zero-order valence-electron chi connectivity index (χ0n) is 21.1. The van der Waals surface area contributed by atoms with Crippen molar-refractivity contribution >= 4 is 25.5 Å². The molecular formula is C29H35N2O4P. The molecule has 1 unspecified atom stereocenters. The first-order valence-corrected chi connectivity index (χ1v) is 13.9. The quantitative estimate of drug-likeness (QED) is 0.300. The molecule has 0 saturated carbocycles. The average molecular weight is 507 g/mol. The molecule has 3 aromatic carbocycles. The maximum atomic E-state index is 13.8. The van der Waals surface area contributed by atoms with E-state index in [0.29, 0.717) is 24.7 Å². The van der Waals surface area contributed by atoms with Crippen LogP contribution in [0.25, 0.3) is 11.1 Å². The van der Waals surface area contributed by atoms with E-state index in [1.807, 2.05) is 86.6 Å². The third-order valence-electron chi connectivity index (χ3n) is 6.06. The summed E-state index contributed by atoms with van der Waals surface area (Å²) in [6, 6.07) is 25.1. The zero-order chi connectivity index (χ0) is 26.1. The number of benzene rings is 3. The Morgan fingerprint density at radius 2 is 1.42 bits per heavy atom. The number of anilines is 1. The number of nitrogens with zero attached hydrogens (tertiary/aromatic N) is 1. The van der Waals surface area contributed by atoms with Crippen LogP contribution in [0.2, 0.25) is 0 Å². The van der Waals surface area contributed by atoms with Crippen LogP contribution in [-0.4, -0.2) is 35.2 Å². The smallest absolute Gasteiger partial charge is 0.326 e. The molecule has 0 aliphatic rings. The fourth-order valence-electron chi connectivity index (χ4n) is 4.13. The van der Waals surface area contributed by atoms with Crippen molar-refractivity contribution < 1.29 is 19.3 Å². The molecule has 36 heavy (non-hydrogen) atoms. The Hall–Kier alpha value is -3.21. The SMILES string of the molecule is CC(C)C[C@H](N[PH](=O)CCc1ccccc1)C(=O)N(c1ccc(-c2ccccc2)cc1)[C@@H](C)C(=O)O. The Kier molecular flexibility index (Phi) is 10.0. The monoisotopic (exact) mass is 506 g/mol. The second kappa shape index (κ2) is 13.2. The first kappa shape index (κ1) is 27.4. The molecule has 0 saturated heterocycles. The number of rotatable bonds is 12. The van der Waals surface area contributed by atoms with Crippen LogP contribution in [0.5, 0.6) is 0 Å². The number of hydrogen-bond acceptors (Lipinski definition) is 3. The summed E-state index contributed by atoms with van der Waals surface area (Å²) in [6.45, 7) is 5.47. The van der Waals surface area contributed by atoms with Crippen LogP contribution < -0.4 is 9.99 Å². The number of aliphatic carboxylic acids is 1. The molecule has 0 spiro atoms. The summed E-state index contributed by atoms with van der Waals surface area (Å²) >= 11 is 0. The van der Waals surface area contributed by atoms with Gasteiger partial charge >= 0.3 is 5.97 Å². The van der Waals surface area contributed by atoms with Crippen LogP contribution in [0.15, 0.2) is 84.9 Å². The third kappa shape index (κ3) is 7.64. The lowest BCUT2D eigenvalue weighted by Crippen LogP contribution is -2.51. The average Bonchev–Trinajstić information content (AvgIpc) is 2.88. The largest absolute Gasteiger partial charge is 0.480 e. The van der Waals surface area contributed by atoms with Gasteiger partial charge in [0.2, 0.25) is 5.91 Å². The standard InChI is InChI=1S/C29H35N2O4P/c1-21(2)20-27(30-36(35)19-18-23-10-6-4-7-11-23)28(32)31(22(3)29(33)34)26-16-14-25(15-17-26)24-12-8-5-9-13-24/h4-17,21-22,27,36H,18-20H2,1-3H3,(H,30,35)(H,33,34)/t22-,27-/m0/s1. The van der Waals surface area contributed by atoms with Crippen LogP contribution in [0.4, 0.5) is 5.69 Å². The number of amides is 1. The van der Waals surface area contributed by atoms with Crippen molar-refractivity contribution in [1.29, 1.82) is 0 Å². The zero-order valence-corrected chi connectivity index (χ0v) is 22.1. The van der Waals surface area contributed by atoms with Gasteiger partial charge in [0.15, 0.2) is 0 Å². The highest BCUT2D eigenvalue weighted by molar-refractivity contribution is 7.42. The first-order chi connectivity index (χ1) is 17.3. The molecule has 190 valence electrons. The molecule has 3 atom stereocenters. The molecule has 7 heteroatoms. The summed E-state index contributed by atoms with van der Waals surface area (Å²) in [5.74, 6) is -1.34. The summed E-state index contributed by atoms with van der Waals surface area (Å²) in [4.78, 5) is 27.0. The minimum Gasteiger partial charge on any atom is -0.480 e. The lowest BCUT2D eigenvalue weighted by atomic mass is 10.0. The summed E-state index contributed by atoms with van der Waals surface area (Å²) in [7, 11) is -2.27. The van der Waals surface area contributed by atoms with E-state index in [2.05, 4.69) is 5.09 Å². The summed E-state index contributed by atoms with van der Waals surface area (Å²) in [5, 5.41) is 12.8. The van der Waals surface area contributed by atoms with Gasteiger partial charge in [0.05, 0.1) is 6.04 Å². The van der Waals surface area contributed by atoms with E-state index in [4.69, 9.17) is 0 Å². The van der Waals surface area contributed by atoms with E-state index in [-0.39, 0.29) is 11.8 Å². The van der Waals surface area contributed by atoms with Crippen LogP contribution >= 0.6 is 7.95 Å². The molecule has 0 aromatic heterocycles. The predicted octanol–water partition coefficient (Wildman–Crippen LogP) is 5.88. The molecule has 0 aliphatic heterocycles. The van der Waals surface area contributed by atoms with E-state index < -0.39 is 26.0 Å². The molecule has 0 bridgehead atoms. The van der Waals surface area contributed by atoms with Crippen LogP contribution in [0.1, 0.15) is 32.8 Å². The number of nitrogens with one attached hydrogen (secondary N) is 1. The van der Waals surface area contributed by atoms with Crippen molar-refractivity contribution in [1.82, 2.24) is 5.09 Å². The Labute approximate surface area is 214 Å². The number of carboxylic acid groups (broad SMARTS) is 1. The maximum absolute atomic E-state index is 13.8. The molecule has 3 rings (SSSR count). The van der Waals surface area contributed by atoms with Crippen LogP contribution in [0.3, 0.4) is 0 Å². The molecule has 0 radical (unpaired) electrons. The lowest BCUT2D eigenvalue weighted by molar-refractivity contribution is -0.139. The van der Waals surface area contributed by atoms with Crippen molar-refractivity contribution in [3.8, 4) is 11.1 Å². The van der Waals surface area contributed by atoms with Crippen molar-refractivity contribution in [2.45, 2.75) is 45.7 Å². The lowest BCUT2D eigenvalue weighted by Gasteiger charge is -2.31. The van der Waals surface area contributed by atoms with Crippen molar-refractivity contribution in [3.05, 3.63) is 90.5 Å². The van der Waals surface area contributed by atoms with Crippen LogP contribution in [0, 0.1) is 5.92 Å². The van der Waals surface area contributed by atoms with Gasteiger partial charge in [-0.1, -0.05) is 86.6 Å². The fourth-order valence-corrected chi connectivity index (χ4v) is 5.42. The first-order valence-electron chi connectivity index (χ1n) is 12.3. The number of carbonyl (C=O) groups is 2. The van der Waals surface area contributed by atoms with E-state index in [1.54, 1.807) is 12.1 Å². The van der Waals surface area contributed by atoms with Gasteiger partial charge in [0.25, 0.3) is 0 Å². The van der Waals surface area contributed by atoms with E-state index in [1.165, 1.54) is 11.8 Å². The van der Waals surface area contributed by atoms with E-state index in [0.717, 1.165) is 16.7 Å². The summed E-state index contributed by atoms with van der Waals surface area (Å²) in [6.07, 6.45) is 1.52. The molecule has 3 aromatic rings. The van der Waals surface area contributed by atoms with E-state index in [9.17, 15) is 19.3 Å². The Morgan fingerprint density at radius 1 is 0.861 bits per heavy atom. The van der Waals surface area contributed by atoms with Gasteiger partial charge in [0.1, 0.15) is 14.0 Å². The second-order valence-corrected chi connectivity index (χ2v) is 11.0. The van der Waals surface area contributed by atoms with E-state index >= 15 is 0 Å². The molecule has 1 amide bonds. The number of aryl methyl sites for hydroxylation is 1. The highest BCUT2D eigenvalue weighted by atomic mass is 31.1. The van der Waals surface area contributed by atoms with Gasteiger partial charge in [-0.05, 0) is 54.5 Å². The van der Waals surface area contributed by atoms with Crippen molar-refractivity contribution in [2.24, 2.45) is 5.92 Å². The normalized spacial score (nSPS) is 13.7. The van der Waals surface area contributed by atoms with Gasteiger partial charge in [-0.25, -0.2) is 4.79 Å². The minimum atomic E-state index is -2.27. The van der Waals surface area contributed by atoms with Gasteiger partial charge < -0.3 is 9.67 Å². The Morgan fingerprint density at radius 3 is 1.97 bits per heavy atom. The molecule has 0 fully saturated rings. The highest BCUT2D eigenvalue weighted by Gasteiger charge is 2.33. The van der Waals surface area contributed by atoms with Gasteiger partial charge in [-0.15, -0.1) is 0 Å². The third-order valence-corrected chi connectivity index (χ3v) is 7.43. The molecular weight excluding hydrogens is 471 g/mol. The number of hydrogen-bond donors (Lipinski definition) is 2. The van der Waals surface area contributed by atoms with Gasteiger partial charge in [0, 0.05) is 11.8 Å². The Balaban J connectivity index is 1.82. The minimum absolute atomic E-state index is 0.151. The fraction of sp³-hybridized carbons (Fsp3) is 0.310. The predicted molar refractivity (Wildman–Crippen MR) is 147 cm³/mol. The van der Waals surface area contributed by atoms with Crippen LogP contribution in [-0.2, 0) is 20.6 Å². The summed E-state index contributed by atoms with van der Waals surface area (Å²) in [5.41, 5.74) is 3.58. The topological polar surface area (TPSA) is 86.7 Å². The number of carbonyl (C=O) groups excluding carboxylic acids is 1. The second-order valence-electron chi connectivity index (χ2n) is 9.37.